The van der Waals surface area contributed by atoms with Gasteiger partial charge in [0.25, 0.3) is 5.91 Å². The molecule has 0 bridgehead atoms. The van der Waals surface area contributed by atoms with Crippen molar-refractivity contribution in [2.45, 2.75) is 13.5 Å². The second kappa shape index (κ2) is 10.7. The van der Waals surface area contributed by atoms with Crippen molar-refractivity contribution >= 4 is 23.0 Å². The van der Waals surface area contributed by atoms with E-state index in [1.807, 2.05) is 72.8 Å². The summed E-state index contributed by atoms with van der Waals surface area (Å²) in [5, 5.41) is 5.34. The lowest BCUT2D eigenvalue weighted by Gasteiger charge is -2.11. The van der Waals surface area contributed by atoms with Crippen LogP contribution in [-0.4, -0.2) is 23.3 Å². The van der Waals surface area contributed by atoms with E-state index in [0.29, 0.717) is 5.75 Å². The Balaban J connectivity index is 1.28. The van der Waals surface area contributed by atoms with Crippen molar-refractivity contribution < 1.29 is 9.53 Å². The highest BCUT2D eigenvalue weighted by Crippen LogP contribution is 2.29. The number of carbonyl (C=O) groups excluding carboxylic acids is 1. The van der Waals surface area contributed by atoms with Gasteiger partial charge in [-0.15, -0.1) is 0 Å². The first kappa shape index (κ1) is 23.1. The number of rotatable bonds is 8. The van der Waals surface area contributed by atoms with Gasteiger partial charge < -0.3 is 9.30 Å². The number of nitrogens with one attached hydrogen (secondary N) is 1. The summed E-state index contributed by atoms with van der Waals surface area (Å²) in [7, 11) is 0. The van der Waals surface area contributed by atoms with E-state index in [0.717, 1.165) is 39.8 Å². The van der Waals surface area contributed by atoms with Crippen LogP contribution < -0.4 is 10.2 Å². The summed E-state index contributed by atoms with van der Waals surface area (Å²) in [6.07, 6.45) is 1.72. The molecule has 5 heteroatoms. The molecule has 0 saturated carbocycles. The number of nitrogens with zero attached hydrogens (tertiary/aromatic N) is 2. The average Bonchev–Trinajstić information content (AvgIpc) is 3.19. The topological polar surface area (TPSA) is 55.6 Å². The van der Waals surface area contributed by atoms with Gasteiger partial charge >= 0.3 is 0 Å². The Bertz CT molecular complexity index is 1510. The molecule has 36 heavy (non-hydrogen) atoms. The minimum Gasteiger partial charge on any atom is -0.483 e. The largest absolute Gasteiger partial charge is 0.483 e. The van der Waals surface area contributed by atoms with E-state index < -0.39 is 0 Å². The first-order valence-corrected chi connectivity index (χ1v) is 11.9. The van der Waals surface area contributed by atoms with Crippen molar-refractivity contribution in [2.75, 3.05) is 6.61 Å². The molecule has 4 aromatic carbocycles. The quantitative estimate of drug-likeness (QED) is 0.216. The number of fused-ring (bicyclic) bond motifs is 1. The minimum atomic E-state index is -0.320. The van der Waals surface area contributed by atoms with Crippen LogP contribution in [0.25, 0.3) is 22.0 Å². The molecule has 5 aromatic rings. The number of para-hydroxylation sites is 2. The summed E-state index contributed by atoms with van der Waals surface area (Å²) in [6.45, 7) is 2.72. The van der Waals surface area contributed by atoms with Crippen LogP contribution in [0.5, 0.6) is 5.75 Å². The van der Waals surface area contributed by atoms with Crippen molar-refractivity contribution in [3.8, 4) is 16.9 Å². The summed E-state index contributed by atoms with van der Waals surface area (Å²) in [5.41, 5.74) is 9.02. The van der Waals surface area contributed by atoms with E-state index in [2.05, 4.69) is 58.4 Å². The predicted molar refractivity (Wildman–Crippen MR) is 145 cm³/mol. The molecule has 178 valence electrons. The predicted octanol–water partition coefficient (Wildman–Crippen LogP) is 6.19. The fourth-order valence-corrected chi connectivity index (χ4v) is 4.38. The smallest absolute Gasteiger partial charge is 0.277 e. The summed E-state index contributed by atoms with van der Waals surface area (Å²) in [4.78, 5) is 12.5. The lowest BCUT2D eigenvalue weighted by atomic mass is 10.1. The number of hydrazone groups is 1. The zero-order valence-corrected chi connectivity index (χ0v) is 20.1. The Morgan fingerprint density at radius 2 is 1.53 bits per heavy atom. The number of hydrogen-bond acceptors (Lipinski definition) is 3. The Hall–Kier alpha value is -4.64. The highest BCUT2D eigenvalue weighted by atomic mass is 16.5. The van der Waals surface area contributed by atoms with Crippen LogP contribution in [-0.2, 0) is 11.3 Å². The van der Waals surface area contributed by atoms with E-state index in [1.165, 1.54) is 5.56 Å². The molecule has 0 saturated heterocycles. The van der Waals surface area contributed by atoms with Gasteiger partial charge in [0.2, 0.25) is 0 Å². The van der Waals surface area contributed by atoms with E-state index in [4.69, 9.17) is 4.74 Å². The second-order valence-electron chi connectivity index (χ2n) is 8.53. The number of aromatic nitrogens is 1. The SMILES string of the molecule is Cc1c(/C=N\NC(=O)COc2ccccc2-c2ccccc2)c2ccccc2n1Cc1ccccc1. The molecule has 0 unspecified atom stereocenters. The molecule has 0 atom stereocenters. The van der Waals surface area contributed by atoms with E-state index in [-0.39, 0.29) is 12.5 Å². The third-order valence-corrected chi connectivity index (χ3v) is 6.18. The fraction of sp³-hybridized carbons (Fsp3) is 0.0968. The molecule has 1 heterocycles. The molecule has 0 spiro atoms. The van der Waals surface area contributed by atoms with Crippen molar-refractivity contribution in [1.82, 2.24) is 9.99 Å². The van der Waals surface area contributed by atoms with Crippen LogP contribution in [0.2, 0.25) is 0 Å². The maximum Gasteiger partial charge on any atom is 0.277 e. The highest BCUT2D eigenvalue weighted by molar-refractivity contribution is 6.01. The molecule has 5 rings (SSSR count). The number of amides is 1. The van der Waals surface area contributed by atoms with Crippen LogP contribution in [0.1, 0.15) is 16.8 Å². The molecular formula is C31H27N3O2. The molecule has 0 aliphatic heterocycles. The van der Waals surface area contributed by atoms with Gasteiger partial charge in [-0.2, -0.15) is 5.10 Å². The van der Waals surface area contributed by atoms with Crippen LogP contribution in [0.4, 0.5) is 0 Å². The normalized spacial score (nSPS) is 11.1. The van der Waals surface area contributed by atoms with Gasteiger partial charge in [-0.3, -0.25) is 4.79 Å². The van der Waals surface area contributed by atoms with Crippen molar-refractivity contribution in [2.24, 2.45) is 5.10 Å². The zero-order chi connectivity index (χ0) is 24.7. The van der Waals surface area contributed by atoms with Crippen molar-refractivity contribution in [3.05, 3.63) is 126 Å². The van der Waals surface area contributed by atoms with Gasteiger partial charge in [-0.05, 0) is 30.2 Å². The number of hydrogen-bond donors (Lipinski definition) is 1. The van der Waals surface area contributed by atoms with Crippen LogP contribution in [0.3, 0.4) is 0 Å². The van der Waals surface area contributed by atoms with Gasteiger partial charge in [0.05, 0.1) is 6.21 Å². The Labute approximate surface area is 210 Å². The minimum absolute atomic E-state index is 0.129. The molecule has 1 N–H and O–H groups in total. The molecule has 1 amide bonds. The van der Waals surface area contributed by atoms with Crippen LogP contribution in [0, 0.1) is 6.92 Å². The molecule has 0 aliphatic carbocycles. The van der Waals surface area contributed by atoms with Crippen LogP contribution in [0.15, 0.2) is 114 Å². The van der Waals surface area contributed by atoms with Crippen molar-refractivity contribution in [3.63, 3.8) is 0 Å². The van der Waals surface area contributed by atoms with E-state index in [1.54, 1.807) is 6.21 Å². The van der Waals surface area contributed by atoms with Gasteiger partial charge in [-0.25, -0.2) is 5.43 Å². The number of benzene rings is 4. The fourth-order valence-electron chi connectivity index (χ4n) is 4.38. The average molecular weight is 474 g/mol. The summed E-state index contributed by atoms with van der Waals surface area (Å²) < 4.78 is 8.11. The molecular weight excluding hydrogens is 446 g/mol. The Morgan fingerprint density at radius 1 is 0.861 bits per heavy atom. The maximum absolute atomic E-state index is 12.5. The standard InChI is InChI=1S/C31H27N3O2/c1-23-28(27-17-8-10-18-29(27)34(23)21-24-12-4-2-5-13-24)20-32-33-31(35)22-36-30-19-11-9-16-26(30)25-14-6-3-7-15-25/h2-20H,21-22H2,1H3,(H,33,35)/b32-20-. The molecule has 0 radical (unpaired) electrons. The lowest BCUT2D eigenvalue weighted by molar-refractivity contribution is -0.123. The van der Waals surface area contributed by atoms with Gasteiger partial charge in [0.15, 0.2) is 6.61 Å². The van der Waals surface area contributed by atoms with Gasteiger partial charge in [-0.1, -0.05) is 97.1 Å². The first-order valence-electron chi connectivity index (χ1n) is 11.9. The first-order chi connectivity index (χ1) is 17.7. The summed E-state index contributed by atoms with van der Waals surface area (Å²) >= 11 is 0. The lowest BCUT2D eigenvalue weighted by Crippen LogP contribution is -2.24. The van der Waals surface area contributed by atoms with Gasteiger partial charge in [0.1, 0.15) is 5.75 Å². The number of ether oxygens (including phenoxy) is 1. The monoisotopic (exact) mass is 473 g/mol. The third kappa shape index (κ3) is 5.05. The van der Waals surface area contributed by atoms with Crippen LogP contribution >= 0.6 is 0 Å². The second-order valence-corrected chi connectivity index (χ2v) is 8.53. The molecule has 0 fully saturated rings. The highest BCUT2D eigenvalue weighted by Gasteiger charge is 2.13. The summed E-state index contributed by atoms with van der Waals surface area (Å²) in [6, 6.07) is 36.3. The third-order valence-electron chi connectivity index (χ3n) is 6.18. The number of carbonyl (C=O) groups is 1. The zero-order valence-electron chi connectivity index (χ0n) is 20.1. The Kier molecular flexibility index (Phi) is 6.90. The van der Waals surface area contributed by atoms with E-state index >= 15 is 0 Å². The molecule has 0 aliphatic rings. The summed E-state index contributed by atoms with van der Waals surface area (Å²) in [5.74, 6) is 0.336. The van der Waals surface area contributed by atoms with Crippen molar-refractivity contribution in [1.29, 1.82) is 0 Å². The van der Waals surface area contributed by atoms with Gasteiger partial charge in [0, 0.05) is 34.3 Å². The maximum atomic E-state index is 12.5. The molecule has 5 nitrogen and oxygen atoms in total. The Morgan fingerprint density at radius 3 is 2.33 bits per heavy atom. The molecule has 1 aromatic heterocycles. The van der Waals surface area contributed by atoms with E-state index in [9.17, 15) is 4.79 Å².